The van der Waals surface area contributed by atoms with Crippen molar-refractivity contribution in [3.63, 3.8) is 0 Å². The Bertz CT molecular complexity index is 358. The van der Waals surface area contributed by atoms with Crippen LogP contribution in [0.2, 0.25) is 0 Å². The zero-order valence-electron chi connectivity index (χ0n) is 11.3. The van der Waals surface area contributed by atoms with Crippen molar-refractivity contribution in [3.05, 3.63) is 0 Å². The molecule has 0 aromatic carbocycles. The molecule has 0 atom stereocenters. The third kappa shape index (κ3) is 10.1. The number of sulfonamides is 1. The molecule has 0 heterocycles. The Morgan fingerprint density at radius 2 is 1.95 bits per heavy atom. The van der Waals surface area contributed by atoms with Crippen LogP contribution in [0.4, 0.5) is 0 Å². The van der Waals surface area contributed by atoms with Gasteiger partial charge in [0.05, 0.1) is 12.3 Å². The van der Waals surface area contributed by atoms with Gasteiger partial charge in [-0.1, -0.05) is 0 Å². The van der Waals surface area contributed by atoms with E-state index in [1.54, 1.807) is 6.92 Å². The van der Waals surface area contributed by atoms with Crippen molar-refractivity contribution < 1.29 is 13.2 Å². The quantitative estimate of drug-likeness (QED) is 0.490. The molecule has 114 valence electrons. The number of halogens is 1. The van der Waals surface area contributed by atoms with Gasteiger partial charge in [-0.15, -0.1) is 12.4 Å². The van der Waals surface area contributed by atoms with E-state index >= 15 is 0 Å². The molecule has 1 aliphatic rings. The minimum Gasteiger partial charge on any atom is -0.355 e. The number of hydrogen-bond acceptors (Lipinski definition) is 4. The minimum absolute atomic E-state index is 0. The third-order valence-electron chi connectivity index (χ3n) is 2.79. The molecule has 0 unspecified atom stereocenters. The molecular weight excluding hydrogens is 290 g/mol. The van der Waals surface area contributed by atoms with E-state index in [2.05, 4.69) is 15.4 Å². The highest BCUT2D eigenvalue weighted by molar-refractivity contribution is 7.89. The lowest BCUT2D eigenvalue weighted by atomic mass is 10.4. The predicted molar refractivity (Wildman–Crippen MR) is 77.9 cm³/mol. The van der Waals surface area contributed by atoms with E-state index in [1.807, 2.05) is 0 Å². The summed E-state index contributed by atoms with van der Waals surface area (Å²) in [4.78, 5) is 11.3. The summed E-state index contributed by atoms with van der Waals surface area (Å²) in [6.45, 7) is 3.72. The highest BCUT2D eigenvalue weighted by Crippen LogP contribution is 2.27. The third-order valence-corrected chi connectivity index (χ3v) is 4.20. The van der Waals surface area contributed by atoms with E-state index < -0.39 is 10.0 Å². The van der Waals surface area contributed by atoms with Crippen molar-refractivity contribution in [1.82, 2.24) is 15.4 Å². The van der Waals surface area contributed by atoms with E-state index in [1.165, 1.54) is 12.8 Å². The van der Waals surface area contributed by atoms with Crippen LogP contribution in [0.15, 0.2) is 0 Å². The zero-order chi connectivity index (χ0) is 13.4. The van der Waals surface area contributed by atoms with E-state index in [4.69, 9.17) is 0 Å². The monoisotopic (exact) mass is 313 g/mol. The fourth-order valence-electron chi connectivity index (χ4n) is 1.42. The molecule has 1 fully saturated rings. The number of rotatable bonds is 10. The molecule has 1 amide bonds. The van der Waals surface area contributed by atoms with Crippen molar-refractivity contribution in [2.24, 2.45) is 5.92 Å². The number of hydrogen-bond donors (Lipinski definition) is 3. The molecule has 0 aliphatic heterocycles. The van der Waals surface area contributed by atoms with Gasteiger partial charge in [-0.3, -0.25) is 4.79 Å². The second-order valence-electron chi connectivity index (χ2n) is 4.58. The molecule has 1 rings (SSSR count). The molecule has 3 N–H and O–H groups in total. The predicted octanol–water partition coefficient (Wildman–Crippen LogP) is -0.147. The molecule has 6 nitrogen and oxygen atoms in total. The first-order chi connectivity index (χ1) is 8.53. The van der Waals surface area contributed by atoms with Crippen LogP contribution in [0, 0.1) is 5.92 Å². The van der Waals surface area contributed by atoms with Gasteiger partial charge in [0.25, 0.3) is 0 Å². The van der Waals surface area contributed by atoms with Crippen molar-refractivity contribution in [2.75, 3.05) is 31.9 Å². The van der Waals surface area contributed by atoms with Crippen LogP contribution in [0.3, 0.4) is 0 Å². The molecule has 0 aromatic rings. The van der Waals surface area contributed by atoms with Gasteiger partial charge < -0.3 is 10.6 Å². The Hall–Kier alpha value is -0.370. The Morgan fingerprint density at radius 1 is 1.26 bits per heavy atom. The Balaban J connectivity index is 0.00000324. The molecule has 0 aromatic heterocycles. The first-order valence-electron chi connectivity index (χ1n) is 6.48. The SMILES string of the molecule is CCS(=O)(=O)NCCCNC(=O)CNCC1CC1.Cl. The molecule has 8 heteroatoms. The summed E-state index contributed by atoms with van der Waals surface area (Å²) >= 11 is 0. The highest BCUT2D eigenvalue weighted by atomic mass is 35.5. The van der Waals surface area contributed by atoms with Gasteiger partial charge in [-0.2, -0.15) is 0 Å². The maximum absolute atomic E-state index is 11.3. The highest BCUT2D eigenvalue weighted by Gasteiger charge is 2.20. The first kappa shape index (κ1) is 18.6. The maximum Gasteiger partial charge on any atom is 0.233 e. The van der Waals surface area contributed by atoms with Gasteiger partial charge >= 0.3 is 0 Å². The summed E-state index contributed by atoms with van der Waals surface area (Å²) in [5.41, 5.74) is 0. The normalized spacial score (nSPS) is 14.8. The molecule has 0 bridgehead atoms. The maximum atomic E-state index is 11.3. The van der Waals surface area contributed by atoms with E-state index in [-0.39, 0.29) is 24.1 Å². The van der Waals surface area contributed by atoms with Gasteiger partial charge in [0.1, 0.15) is 0 Å². The molecule has 19 heavy (non-hydrogen) atoms. The topological polar surface area (TPSA) is 87.3 Å². The van der Waals surface area contributed by atoms with Crippen LogP contribution in [-0.4, -0.2) is 46.3 Å². The van der Waals surface area contributed by atoms with Crippen LogP contribution in [0.25, 0.3) is 0 Å². The summed E-state index contributed by atoms with van der Waals surface area (Å²) < 4.78 is 24.7. The van der Waals surface area contributed by atoms with Crippen molar-refractivity contribution in [1.29, 1.82) is 0 Å². The number of carbonyl (C=O) groups excluding carboxylic acids is 1. The van der Waals surface area contributed by atoms with E-state index in [0.717, 1.165) is 12.5 Å². The van der Waals surface area contributed by atoms with Crippen LogP contribution in [0.1, 0.15) is 26.2 Å². The Labute approximate surface area is 121 Å². The largest absolute Gasteiger partial charge is 0.355 e. The van der Waals surface area contributed by atoms with Gasteiger partial charge in [-0.05, 0) is 38.6 Å². The second-order valence-corrected chi connectivity index (χ2v) is 6.67. The van der Waals surface area contributed by atoms with Crippen LogP contribution < -0.4 is 15.4 Å². The Morgan fingerprint density at radius 3 is 2.53 bits per heavy atom. The average Bonchev–Trinajstić information content (AvgIpc) is 3.12. The van der Waals surface area contributed by atoms with Gasteiger partial charge in [-0.25, -0.2) is 13.1 Å². The van der Waals surface area contributed by atoms with Crippen molar-refractivity contribution >= 4 is 28.3 Å². The lowest BCUT2D eigenvalue weighted by molar-refractivity contribution is -0.120. The summed E-state index contributed by atoms with van der Waals surface area (Å²) in [7, 11) is -3.11. The first-order valence-corrected chi connectivity index (χ1v) is 8.13. The standard InChI is InChI=1S/C11H23N3O3S.ClH/c1-2-18(16,17)14-7-3-6-13-11(15)9-12-8-10-4-5-10;/h10,12,14H,2-9H2,1H3,(H,13,15);1H. The minimum atomic E-state index is -3.11. The molecule has 0 saturated heterocycles. The fraction of sp³-hybridized carbons (Fsp3) is 0.909. The molecule has 1 aliphatic carbocycles. The van der Waals surface area contributed by atoms with E-state index in [9.17, 15) is 13.2 Å². The summed E-state index contributed by atoms with van der Waals surface area (Å²) in [6, 6.07) is 0. The number of nitrogens with one attached hydrogen (secondary N) is 3. The second kappa shape index (κ2) is 9.52. The smallest absolute Gasteiger partial charge is 0.233 e. The fourth-order valence-corrected chi connectivity index (χ4v) is 2.08. The molecule has 1 saturated carbocycles. The van der Waals surface area contributed by atoms with Gasteiger partial charge in [0, 0.05) is 13.1 Å². The summed E-state index contributed by atoms with van der Waals surface area (Å²) in [5, 5.41) is 5.84. The number of amides is 1. The molecule has 0 spiro atoms. The van der Waals surface area contributed by atoms with Crippen molar-refractivity contribution in [2.45, 2.75) is 26.2 Å². The van der Waals surface area contributed by atoms with Crippen LogP contribution >= 0.6 is 12.4 Å². The average molecular weight is 314 g/mol. The summed E-state index contributed by atoms with van der Waals surface area (Å²) in [5.74, 6) is 0.819. The van der Waals surface area contributed by atoms with Crippen LogP contribution in [-0.2, 0) is 14.8 Å². The van der Waals surface area contributed by atoms with E-state index in [0.29, 0.717) is 26.1 Å². The molecule has 0 radical (unpaired) electrons. The van der Waals surface area contributed by atoms with Crippen LogP contribution in [0.5, 0.6) is 0 Å². The molecular formula is C11H24ClN3O3S. The lowest BCUT2D eigenvalue weighted by Crippen LogP contribution is -2.36. The number of carbonyl (C=O) groups is 1. The van der Waals surface area contributed by atoms with Gasteiger partial charge in [0.15, 0.2) is 0 Å². The summed E-state index contributed by atoms with van der Waals surface area (Å²) in [6.07, 6.45) is 3.14. The lowest BCUT2D eigenvalue weighted by Gasteiger charge is -2.07. The van der Waals surface area contributed by atoms with Gasteiger partial charge in [0.2, 0.25) is 15.9 Å². The zero-order valence-corrected chi connectivity index (χ0v) is 12.9. The van der Waals surface area contributed by atoms with Crippen molar-refractivity contribution in [3.8, 4) is 0 Å². The Kier molecular flexibility index (Phi) is 9.34.